The highest BCUT2D eigenvalue weighted by atomic mass is 19.4. The number of nitriles is 2. The summed E-state index contributed by atoms with van der Waals surface area (Å²) in [5, 5.41) is 22.9. The highest BCUT2D eigenvalue weighted by Crippen LogP contribution is 2.47. The van der Waals surface area contributed by atoms with Crippen molar-refractivity contribution >= 4 is 60.7 Å². The minimum Gasteiger partial charge on any atom is -0.308 e. The molecule has 0 N–H and O–H groups in total. The van der Waals surface area contributed by atoms with Crippen molar-refractivity contribution in [1.29, 1.82) is 10.5 Å². The topological polar surface area (TPSA) is 70.5 Å². The number of para-hydroxylation sites is 2. The minimum atomic E-state index is -4.71. The van der Waals surface area contributed by atoms with Crippen LogP contribution >= 0.6 is 0 Å². The zero-order chi connectivity index (χ0) is 44.3. The largest absolute Gasteiger partial charge is 0.416 e. The number of fused-ring (bicyclic) bond motifs is 6. The molecule has 0 bridgehead atoms. The van der Waals surface area contributed by atoms with Crippen LogP contribution in [0, 0.1) is 42.4 Å². The van der Waals surface area contributed by atoms with Gasteiger partial charge >= 0.3 is 6.18 Å². The lowest BCUT2D eigenvalue weighted by Gasteiger charge is -2.21. The number of aromatic nitrogens is 2. The second kappa shape index (κ2) is 14.9. The molecular formula is C54H26F3N7. The van der Waals surface area contributed by atoms with Gasteiger partial charge in [0.1, 0.15) is 0 Å². The summed E-state index contributed by atoms with van der Waals surface area (Å²) < 4.78 is 48.4. The SMILES string of the molecule is [C-]#[N+]c1cc(C#N)cc(-c2ccc3c(c2)c2ccccc2n3-c2cc([N+]#[C-])c(-c3ccccc3C(F)(F)F)cc2-n2c3ccccc3c3cc(-c4cc(C#N)cc([N+]#[C-])c4)ccc32)c1. The maximum absolute atomic E-state index is 14.8. The summed E-state index contributed by atoms with van der Waals surface area (Å²) in [4.78, 5) is 11.0. The van der Waals surface area contributed by atoms with Crippen LogP contribution in [0.25, 0.3) is 103 Å². The van der Waals surface area contributed by atoms with Gasteiger partial charge in [-0.05, 0) is 124 Å². The molecule has 64 heavy (non-hydrogen) atoms. The molecule has 0 saturated carbocycles. The van der Waals surface area contributed by atoms with E-state index in [1.807, 2.05) is 94.1 Å². The Morgan fingerprint density at radius 1 is 0.438 bits per heavy atom. The summed E-state index contributed by atoms with van der Waals surface area (Å²) >= 11 is 0. The molecule has 2 aromatic heterocycles. The molecule has 2 heterocycles. The van der Waals surface area contributed by atoms with E-state index in [9.17, 15) is 23.7 Å². The van der Waals surface area contributed by atoms with E-state index in [1.54, 1.807) is 42.5 Å². The number of hydrogen-bond acceptors (Lipinski definition) is 2. The van der Waals surface area contributed by atoms with E-state index in [4.69, 9.17) is 19.7 Å². The smallest absolute Gasteiger partial charge is 0.308 e. The number of benzene rings is 8. The predicted octanol–water partition coefficient (Wildman–Crippen LogP) is 15.3. The Labute approximate surface area is 364 Å². The third kappa shape index (κ3) is 6.26. The van der Waals surface area contributed by atoms with Crippen LogP contribution < -0.4 is 0 Å². The normalized spacial score (nSPS) is 11.3. The first-order valence-corrected chi connectivity index (χ1v) is 19.8. The molecule has 298 valence electrons. The number of nitrogens with zero attached hydrogens (tertiary/aromatic N) is 7. The van der Waals surface area contributed by atoms with Gasteiger partial charge in [0.15, 0.2) is 17.1 Å². The van der Waals surface area contributed by atoms with Crippen molar-refractivity contribution in [2.24, 2.45) is 0 Å². The maximum Gasteiger partial charge on any atom is 0.416 e. The fraction of sp³-hybridized carbons (Fsp3) is 0.0185. The van der Waals surface area contributed by atoms with Crippen molar-refractivity contribution < 1.29 is 13.2 Å². The van der Waals surface area contributed by atoms with E-state index in [-0.39, 0.29) is 16.8 Å². The number of alkyl halides is 3. The highest BCUT2D eigenvalue weighted by Gasteiger charge is 2.34. The van der Waals surface area contributed by atoms with Crippen LogP contribution in [0.1, 0.15) is 16.7 Å². The molecule has 0 aliphatic heterocycles. The second-order valence-corrected chi connectivity index (χ2v) is 15.2. The first-order chi connectivity index (χ1) is 31.1. The Bertz CT molecular complexity index is 3790. The monoisotopic (exact) mass is 829 g/mol. The van der Waals surface area contributed by atoms with Crippen LogP contribution in [0.15, 0.2) is 158 Å². The molecule has 0 aliphatic rings. The van der Waals surface area contributed by atoms with Gasteiger partial charge in [0, 0.05) is 32.7 Å². The van der Waals surface area contributed by atoms with Gasteiger partial charge in [0.05, 0.1) is 70.9 Å². The molecule has 0 atom stereocenters. The fourth-order valence-electron chi connectivity index (χ4n) is 8.84. The summed E-state index contributed by atoms with van der Waals surface area (Å²) in [5.74, 6) is 0. The number of rotatable bonds is 5. The third-order valence-electron chi connectivity index (χ3n) is 11.6. The standard InChI is InChI=1S/C54H26F3N7/c1-60-38-22-32(30-58)20-36(24-38)34-16-18-50-44(26-34)41-11-5-8-14-48(41)63(50)52-28-43(40-10-4-7-13-46(40)54(55,56)57)47(62-3)29-53(52)64-49-15-9-6-12-42(49)45-27-35(17-19-51(45)64)37-21-33(31-59)23-39(25-37)61-2/h4-29H. The number of hydrogen-bond donors (Lipinski definition) is 0. The lowest BCUT2D eigenvalue weighted by molar-refractivity contribution is -0.137. The molecule has 0 unspecified atom stereocenters. The van der Waals surface area contributed by atoms with E-state index in [1.165, 1.54) is 24.3 Å². The van der Waals surface area contributed by atoms with Crippen molar-refractivity contribution in [3.63, 3.8) is 0 Å². The van der Waals surface area contributed by atoms with Crippen LogP contribution in [-0.2, 0) is 6.18 Å². The van der Waals surface area contributed by atoms with Crippen LogP contribution in [0.4, 0.5) is 30.2 Å². The van der Waals surface area contributed by atoms with E-state index in [2.05, 4.69) is 26.7 Å². The van der Waals surface area contributed by atoms with Crippen LogP contribution in [0.5, 0.6) is 0 Å². The maximum atomic E-state index is 14.8. The van der Waals surface area contributed by atoms with Crippen molar-refractivity contribution in [2.75, 3.05) is 0 Å². The zero-order valence-electron chi connectivity index (χ0n) is 33.3. The Morgan fingerprint density at radius 2 is 0.906 bits per heavy atom. The molecule has 8 aromatic carbocycles. The Morgan fingerprint density at radius 3 is 1.39 bits per heavy atom. The molecular weight excluding hydrogens is 804 g/mol. The summed E-state index contributed by atoms with van der Waals surface area (Å²) in [7, 11) is 0. The van der Waals surface area contributed by atoms with Crippen molar-refractivity contribution in [3.05, 3.63) is 209 Å². The van der Waals surface area contributed by atoms with Gasteiger partial charge in [-0.25, -0.2) is 14.5 Å². The van der Waals surface area contributed by atoms with Crippen molar-refractivity contribution in [2.45, 2.75) is 6.18 Å². The molecule has 0 spiro atoms. The summed E-state index contributed by atoms with van der Waals surface area (Å²) in [6.45, 7) is 23.7. The Kier molecular flexibility index (Phi) is 9.06. The molecule has 0 saturated heterocycles. The van der Waals surface area contributed by atoms with Gasteiger partial charge in [0.25, 0.3) is 0 Å². The highest BCUT2D eigenvalue weighted by molar-refractivity contribution is 6.13. The molecule has 10 rings (SSSR count). The molecule has 0 amide bonds. The van der Waals surface area contributed by atoms with Gasteiger partial charge in [-0.2, -0.15) is 23.7 Å². The molecule has 0 fully saturated rings. The van der Waals surface area contributed by atoms with E-state index < -0.39 is 11.7 Å². The van der Waals surface area contributed by atoms with Gasteiger partial charge in [-0.1, -0.05) is 66.7 Å². The summed E-state index contributed by atoms with van der Waals surface area (Å²) in [5.41, 5.74) is 7.50. The van der Waals surface area contributed by atoms with E-state index in [0.717, 1.165) is 60.8 Å². The fourth-order valence-corrected chi connectivity index (χ4v) is 8.84. The van der Waals surface area contributed by atoms with Gasteiger partial charge in [-0.15, -0.1) is 0 Å². The lowest BCUT2D eigenvalue weighted by Crippen LogP contribution is -2.08. The number of halogens is 3. The molecule has 10 aromatic rings. The van der Waals surface area contributed by atoms with Crippen LogP contribution in [0.3, 0.4) is 0 Å². The summed E-state index contributed by atoms with van der Waals surface area (Å²) in [6.07, 6.45) is -4.71. The van der Waals surface area contributed by atoms with Crippen LogP contribution in [0.2, 0.25) is 0 Å². The van der Waals surface area contributed by atoms with Crippen molar-refractivity contribution in [3.8, 4) is 56.9 Å². The lowest BCUT2D eigenvalue weighted by atomic mass is 9.96. The van der Waals surface area contributed by atoms with E-state index >= 15 is 0 Å². The second-order valence-electron chi connectivity index (χ2n) is 15.2. The van der Waals surface area contributed by atoms with Gasteiger partial charge in [0.2, 0.25) is 0 Å². The first kappa shape index (κ1) is 38.8. The Hall–Kier alpha value is -9.40. The average Bonchev–Trinajstić information content (AvgIpc) is 3.84. The quantitative estimate of drug-likeness (QED) is 0.162. The minimum absolute atomic E-state index is 0.0223. The molecule has 7 nitrogen and oxygen atoms in total. The predicted molar refractivity (Wildman–Crippen MR) is 245 cm³/mol. The Balaban J connectivity index is 1.31. The third-order valence-corrected chi connectivity index (χ3v) is 11.6. The molecule has 0 aliphatic carbocycles. The van der Waals surface area contributed by atoms with E-state index in [0.29, 0.717) is 45.0 Å². The van der Waals surface area contributed by atoms with Crippen molar-refractivity contribution in [1.82, 2.24) is 9.13 Å². The first-order valence-electron chi connectivity index (χ1n) is 19.8. The van der Waals surface area contributed by atoms with Gasteiger partial charge < -0.3 is 9.13 Å². The zero-order valence-corrected chi connectivity index (χ0v) is 33.3. The van der Waals surface area contributed by atoms with Gasteiger partial charge in [-0.3, -0.25) is 0 Å². The molecule has 10 heteroatoms. The van der Waals surface area contributed by atoms with Crippen LogP contribution in [-0.4, -0.2) is 9.13 Å². The summed E-state index contributed by atoms with van der Waals surface area (Å²) in [6, 6.07) is 50.2. The average molecular weight is 830 g/mol. The molecule has 0 radical (unpaired) electrons.